The normalized spacial score (nSPS) is 11.7. The third kappa shape index (κ3) is 4.49. The first kappa shape index (κ1) is 22.2. The number of para-hydroxylation sites is 2. The van der Waals surface area contributed by atoms with E-state index in [1.54, 1.807) is 35.9 Å². The zero-order valence-electron chi connectivity index (χ0n) is 18.3. The van der Waals surface area contributed by atoms with Gasteiger partial charge in [-0.3, -0.25) is 4.31 Å². The number of nitrogen functional groups attached to an aromatic ring is 1. The van der Waals surface area contributed by atoms with Gasteiger partial charge in [-0.1, -0.05) is 36.4 Å². The van der Waals surface area contributed by atoms with Gasteiger partial charge in [0, 0.05) is 6.54 Å². The lowest BCUT2D eigenvalue weighted by atomic mass is 10.3. The molecule has 9 heteroatoms. The number of hydrogen-bond acceptors (Lipinski definition) is 6. The van der Waals surface area contributed by atoms with E-state index in [4.69, 9.17) is 5.73 Å². The second kappa shape index (κ2) is 9.25. The average molecular weight is 461 g/mol. The Labute approximate surface area is 193 Å². The Balaban J connectivity index is 1.58. The van der Waals surface area contributed by atoms with E-state index in [2.05, 4.69) is 15.3 Å². The molecule has 0 aliphatic carbocycles. The van der Waals surface area contributed by atoms with E-state index in [1.165, 1.54) is 16.4 Å². The molecule has 4 rings (SSSR count). The zero-order valence-corrected chi connectivity index (χ0v) is 19.1. The van der Waals surface area contributed by atoms with Gasteiger partial charge in [-0.25, -0.2) is 13.1 Å². The van der Waals surface area contributed by atoms with Gasteiger partial charge in [0.1, 0.15) is 0 Å². The fraction of sp³-hybridized carbons (Fsp3) is 0.125. The quantitative estimate of drug-likeness (QED) is 0.373. The highest BCUT2D eigenvalue weighted by Crippen LogP contribution is 2.31. The van der Waals surface area contributed by atoms with Crippen LogP contribution in [0.5, 0.6) is 0 Å². The molecular weight excluding hydrogens is 436 g/mol. The monoisotopic (exact) mass is 460 g/mol. The molecule has 0 atom stereocenters. The highest BCUT2D eigenvalue weighted by atomic mass is 32.2. The summed E-state index contributed by atoms with van der Waals surface area (Å²) < 4.78 is 29.2. The maximum atomic E-state index is 13.1. The van der Waals surface area contributed by atoms with Crippen LogP contribution in [0.4, 0.5) is 22.9 Å². The third-order valence-corrected chi connectivity index (χ3v) is 7.00. The van der Waals surface area contributed by atoms with Crippen LogP contribution in [0, 0.1) is 6.92 Å². The first-order chi connectivity index (χ1) is 15.9. The Kier molecular flexibility index (Phi) is 6.23. The van der Waals surface area contributed by atoms with Gasteiger partial charge in [-0.15, -0.1) is 5.11 Å². The summed E-state index contributed by atoms with van der Waals surface area (Å²) in [6, 6.07) is 24.8. The van der Waals surface area contributed by atoms with Gasteiger partial charge in [-0.2, -0.15) is 10.2 Å². The molecular formula is C24H24N6O2S. The number of anilines is 2. The van der Waals surface area contributed by atoms with Crippen molar-refractivity contribution in [1.29, 1.82) is 0 Å². The summed E-state index contributed by atoms with van der Waals surface area (Å²) in [7, 11) is -3.70. The van der Waals surface area contributed by atoms with Gasteiger partial charge in [0.2, 0.25) is 0 Å². The molecule has 3 aromatic carbocycles. The first-order valence-corrected chi connectivity index (χ1v) is 11.9. The SMILES string of the molecule is CCN(c1ccccc1)S(=O)(=O)c1ccc(N=Nc2c(C)nn(-c3ccccc3)c2N)cc1. The van der Waals surface area contributed by atoms with Crippen LogP contribution in [0.3, 0.4) is 0 Å². The number of nitrogens with zero attached hydrogens (tertiary/aromatic N) is 5. The van der Waals surface area contributed by atoms with Crippen molar-refractivity contribution in [3.05, 3.63) is 90.6 Å². The molecule has 0 aliphatic rings. The van der Waals surface area contributed by atoms with E-state index in [1.807, 2.05) is 55.5 Å². The minimum Gasteiger partial charge on any atom is -0.382 e. The zero-order chi connectivity index (χ0) is 23.4. The third-order valence-electron chi connectivity index (χ3n) is 5.09. The Morgan fingerprint density at radius 3 is 2.12 bits per heavy atom. The molecule has 0 unspecified atom stereocenters. The number of aromatic nitrogens is 2. The van der Waals surface area contributed by atoms with E-state index >= 15 is 0 Å². The summed E-state index contributed by atoms with van der Waals surface area (Å²) in [5.41, 5.74) is 9.30. The molecule has 0 aliphatic heterocycles. The van der Waals surface area contributed by atoms with Crippen LogP contribution in [0.15, 0.2) is 100 Å². The maximum Gasteiger partial charge on any atom is 0.264 e. The Morgan fingerprint density at radius 1 is 0.909 bits per heavy atom. The molecule has 0 amide bonds. The summed E-state index contributed by atoms with van der Waals surface area (Å²) in [6.07, 6.45) is 0. The van der Waals surface area contributed by atoms with Gasteiger partial charge in [0.25, 0.3) is 10.0 Å². The smallest absolute Gasteiger partial charge is 0.264 e. The number of benzene rings is 3. The van der Waals surface area contributed by atoms with Crippen molar-refractivity contribution in [1.82, 2.24) is 9.78 Å². The lowest BCUT2D eigenvalue weighted by molar-refractivity contribution is 0.592. The van der Waals surface area contributed by atoms with Crippen LogP contribution in [0.2, 0.25) is 0 Å². The average Bonchev–Trinajstić information content (AvgIpc) is 3.12. The number of aryl methyl sites for hydroxylation is 1. The predicted molar refractivity (Wildman–Crippen MR) is 130 cm³/mol. The molecule has 168 valence electrons. The van der Waals surface area contributed by atoms with E-state index in [9.17, 15) is 8.42 Å². The predicted octanol–water partition coefficient (Wildman–Crippen LogP) is 5.39. The number of sulfonamides is 1. The minimum absolute atomic E-state index is 0.180. The molecule has 4 aromatic rings. The van der Waals surface area contributed by atoms with E-state index in [0.717, 1.165) is 5.69 Å². The van der Waals surface area contributed by atoms with Gasteiger partial charge >= 0.3 is 0 Å². The van der Waals surface area contributed by atoms with Crippen molar-refractivity contribution < 1.29 is 8.42 Å². The molecule has 0 bridgehead atoms. The molecule has 0 spiro atoms. The van der Waals surface area contributed by atoms with Crippen LogP contribution >= 0.6 is 0 Å². The van der Waals surface area contributed by atoms with Crippen LogP contribution in [-0.4, -0.2) is 24.7 Å². The Hall–Kier alpha value is -3.98. The highest BCUT2D eigenvalue weighted by Gasteiger charge is 2.23. The largest absolute Gasteiger partial charge is 0.382 e. The van der Waals surface area contributed by atoms with E-state index in [-0.39, 0.29) is 4.90 Å². The summed E-state index contributed by atoms with van der Waals surface area (Å²) in [6.45, 7) is 3.93. The van der Waals surface area contributed by atoms with Crippen molar-refractivity contribution >= 4 is 32.9 Å². The van der Waals surface area contributed by atoms with Crippen molar-refractivity contribution in [2.75, 3.05) is 16.6 Å². The van der Waals surface area contributed by atoms with Gasteiger partial charge in [0.05, 0.1) is 27.7 Å². The minimum atomic E-state index is -3.70. The fourth-order valence-electron chi connectivity index (χ4n) is 3.43. The summed E-state index contributed by atoms with van der Waals surface area (Å²) in [5, 5.41) is 13.0. The summed E-state index contributed by atoms with van der Waals surface area (Å²) in [5.74, 6) is 0.378. The molecule has 0 radical (unpaired) electrons. The topological polar surface area (TPSA) is 106 Å². The lowest BCUT2D eigenvalue weighted by Crippen LogP contribution is -2.30. The van der Waals surface area contributed by atoms with Gasteiger partial charge in [0.15, 0.2) is 11.5 Å². The highest BCUT2D eigenvalue weighted by molar-refractivity contribution is 7.92. The number of azo groups is 1. The number of hydrogen-bond donors (Lipinski definition) is 1. The maximum absolute atomic E-state index is 13.1. The number of rotatable bonds is 7. The van der Waals surface area contributed by atoms with Crippen LogP contribution < -0.4 is 10.0 Å². The second-order valence-corrected chi connectivity index (χ2v) is 9.13. The fourth-order valence-corrected chi connectivity index (χ4v) is 4.91. The van der Waals surface area contributed by atoms with Crippen LogP contribution in [-0.2, 0) is 10.0 Å². The van der Waals surface area contributed by atoms with Crippen molar-refractivity contribution in [3.8, 4) is 5.69 Å². The van der Waals surface area contributed by atoms with Crippen LogP contribution in [0.25, 0.3) is 5.69 Å². The first-order valence-electron chi connectivity index (χ1n) is 10.4. The standard InChI is InChI=1S/C24H24N6O2S/c1-3-29(20-10-6-4-7-11-20)33(31,32)22-16-14-19(15-17-22)26-27-23-18(2)28-30(24(23)25)21-12-8-5-9-13-21/h4-17H,3,25H2,1-2H3. The molecule has 0 saturated carbocycles. The van der Waals surface area contributed by atoms with Crippen molar-refractivity contribution in [3.63, 3.8) is 0 Å². The summed E-state index contributed by atoms with van der Waals surface area (Å²) >= 11 is 0. The molecule has 0 saturated heterocycles. The number of nitrogens with two attached hydrogens (primary N) is 1. The molecule has 2 N–H and O–H groups in total. The lowest BCUT2D eigenvalue weighted by Gasteiger charge is -2.22. The molecule has 33 heavy (non-hydrogen) atoms. The second-order valence-electron chi connectivity index (χ2n) is 7.27. The van der Waals surface area contributed by atoms with E-state index in [0.29, 0.717) is 35.1 Å². The molecule has 1 heterocycles. The Morgan fingerprint density at radius 2 is 1.52 bits per heavy atom. The van der Waals surface area contributed by atoms with Crippen LogP contribution in [0.1, 0.15) is 12.6 Å². The molecule has 1 aromatic heterocycles. The molecule has 0 fully saturated rings. The van der Waals surface area contributed by atoms with Crippen molar-refractivity contribution in [2.24, 2.45) is 10.2 Å². The van der Waals surface area contributed by atoms with Gasteiger partial charge in [-0.05, 0) is 62.4 Å². The van der Waals surface area contributed by atoms with Gasteiger partial charge < -0.3 is 5.73 Å². The molecule has 8 nitrogen and oxygen atoms in total. The Bertz CT molecular complexity index is 1370. The van der Waals surface area contributed by atoms with Crippen molar-refractivity contribution in [2.45, 2.75) is 18.7 Å². The summed E-state index contributed by atoms with van der Waals surface area (Å²) in [4.78, 5) is 0.180. The van der Waals surface area contributed by atoms with E-state index < -0.39 is 10.0 Å².